The highest BCUT2D eigenvalue weighted by Gasteiger charge is 2.32. The molecule has 0 fully saturated rings. The van der Waals surface area contributed by atoms with Crippen molar-refractivity contribution in [2.45, 2.75) is 50.9 Å². The number of hydrogen-bond donors (Lipinski definition) is 7. The predicted octanol–water partition coefficient (Wildman–Crippen LogP) is -1.29. The van der Waals surface area contributed by atoms with Crippen LogP contribution in [0.1, 0.15) is 25.1 Å². The van der Waals surface area contributed by atoms with Gasteiger partial charge < -0.3 is 36.9 Å². The average molecular weight is 489 g/mol. The molecule has 0 saturated heterocycles. The molecule has 2 rings (SSSR count). The molecule has 4 unspecified atom stereocenters. The van der Waals surface area contributed by atoms with Crippen LogP contribution in [0, 0.1) is 5.92 Å². The summed E-state index contributed by atoms with van der Waals surface area (Å²) in [5.74, 6) is -3.79. The maximum atomic E-state index is 13.2. The number of carboxylic acids is 1. The molecule has 35 heavy (non-hydrogen) atoms. The van der Waals surface area contributed by atoms with Crippen molar-refractivity contribution in [3.8, 4) is 0 Å². The highest BCUT2D eigenvalue weighted by Crippen LogP contribution is 2.08. The molecule has 4 atom stereocenters. The third-order valence-corrected chi connectivity index (χ3v) is 5.29. The lowest BCUT2D eigenvalue weighted by Gasteiger charge is -2.27. The molecule has 0 aliphatic rings. The molecule has 0 spiro atoms. The Bertz CT molecular complexity index is 982. The summed E-state index contributed by atoms with van der Waals surface area (Å²) in [5, 5.41) is 25.7. The summed E-state index contributed by atoms with van der Waals surface area (Å²) in [6.45, 7) is 2.54. The van der Waals surface area contributed by atoms with E-state index in [4.69, 9.17) is 10.8 Å². The second-order valence-corrected chi connectivity index (χ2v) is 8.45. The predicted molar refractivity (Wildman–Crippen MR) is 126 cm³/mol. The van der Waals surface area contributed by atoms with E-state index < -0.39 is 60.4 Å². The second kappa shape index (κ2) is 13.2. The lowest BCUT2D eigenvalue weighted by Crippen LogP contribution is -2.59. The Kier molecular flexibility index (Phi) is 10.4. The number of imidazole rings is 1. The summed E-state index contributed by atoms with van der Waals surface area (Å²) < 4.78 is 0. The largest absolute Gasteiger partial charge is 0.480 e. The van der Waals surface area contributed by atoms with Crippen molar-refractivity contribution >= 4 is 23.7 Å². The number of amides is 3. The first-order chi connectivity index (χ1) is 16.6. The molecule has 3 amide bonds. The monoisotopic (exact) mass is 488 g/mol. The van der Waals surface area contributed by atoms with Crippen LogP contribution in [0.15, 0.2) is 42.9 Å². The van der Waals surface area contributed by atoms with Crippen molar-refractivity contribution < 1.29 is 29.4 Å². The van der Waals surface area contributed by atoms with E-state index in [0.717, 1.165) is 5.56 Å². The number of H-pyrrole nitrogens is 1. The molecule has 8 N–H and O–H groups in total. The van der Waals surface area contributed by atoms with Gasteiger partial charge in [0.25, 0.3) is 0 Å². The van der Waals surface area contributed by atoms with E-state index in [9.17, 15) is 24.3 Å². The Morgan fingerprint density at radius 3 is 2.17 bits per heavy atom. The summed E-state index contributed by atoms with van der Waals surface area (Å²) in [7, 11) is 0. The molecule has 0 aliphatic carbocycles. The fourth-order valence-corrected chi connectivity index (χ4v) is 3.30. The van der Waals surface area contributed by atoms with E-state index in [-0.39, 0.29) is 12.8 Å². The zero-order valence-electron chi connectivity index (χ0n) is 19.6. The number of benzene rings is 1. The minimum absolute atomic E-state index is 0.135. The smallest absolute Gasteiger partial charge is 0.328 e. The van der Waals surface area contributed by atoms with Crippen LogP contribution >= 0.6 is 0 Å². The molecule has 1 heterocycles. The first-order valence-electron chi connectivity index (χ1n) is 11.1. The van der Waals surface area contributed by atoms with Crippen LogP contribution in [0.2, 0.25) is 0 Å². The van der Waals surface area contributed by atoms with Crippen molar-refractivity contribution in [3.63, 3.8) is 0 Å². The minimum atomic E-state index is -1.51. The molecule has 1 aromatic carbocycles. The van der Waals surface area contributed by atoms with Gasteiger partial charge in [-0.1, -0.05) is 44.2 Å². The number of rotatable bonds is 13. The molecule has 12 heteroatoms. The quantitative estimate of drug-likeness (QED) is 0.180. The number of carboxylic acid groups (broad SMARTS) is 1. The Morgan fingerprint density at radius 2 is 1.63 bits per heavy atom. The molecule has 0 bridgehead atoms. The minimum Gasteiger partial charge on any atom is -0.480 e. The van der Waals surface area contributed by atoms with E-state index in [0.29, 0.717) is 5.69 Å². The standard InChI is InChI=1S/C23H32N6O6/c1-13(2)19(22(33)28-18(11-30)23(34)35)29-21(32)17(8-14-6-4-3-5-7-14)27-20(31)16(24)9-15-10-25-12-26-15/h3-7,10,12-13,16-19,30H,8-9,11,24H2,1-2H3,(H,25,26)(H,27,31)(H,28,33)(H,29,32)(H,34,35). The number of aliphatic hydroxyl groups is 1. The Morgan fingerprint density at radius 1 is 0.971 bits per heavy atom. The summed E-state index contributed by atoms with van der Waals surface area (Å²) in [6.07, 6.45) is 3.33. The van der Waals surface area contributed by atoms with Crippen LogP contribution < -0.4 is 21.7 Å². The lowest BCUT2D eigenvalue weighted by molar-refractivity contribution is -0.143. The number of aliphatic hydroxyl groups excluding tert-OH is 1. The number of nitrogens with two attached hydrogens (primary N) is 1. The van der Waals surface area contributed by atoms with Gasteiger partial charge in [-0.3, -0.25) is 14.4 Å². The summed E-state index contributed by atoms with van der Waals surface area (Å²) >= 11 is 0. The zero-order chi connectivity index (χ0) is 26.0. The molecule has 2 aromatic rings. The number of nitrogens with zero attached hydrogens (tertiary/aromatic N) is 1. The van der Waals surface area contributed by atoms with Crippen LogP contribution in [-0.2, 0) is 32.0 Å². The van der Waals surface area contributed by atoms with E-state index >= 15 is 0 Å². The van der Waals surface area contributed by atoms with Crippen LogP contribution in [-0.4, -0.2) is 74.6 Å². The van der Waals surface area contributed by atoms with E-state index in [1.54, 1.807) is 44.3 Å². The van der Waals surface area contributed by atoms with Gasteiger partial charge in [0.15, 0.2) is 0 Å². The van der Waals surface area contributed by atoms with Crippen LogP contribution in [0.5, 0.6) is 0 Å². The second-order valence-electron chi connectivity index (χ2n) is 8.45. The van der Waals surface area contributed by atoms with Crippen molar-refractivity contribution in [3.05, 3.63) is 54.1 Å². The summed E-state index contributed by atoms with van der Waals surface area (Å²) in [5.41, 5.74) is 7.44. The molecule has 12 nitrogen and oxygen atoms in total. The Labute approximate surface area is 202 Å². The maximum Gasteiger partial charge on any atom is 0.328 e. The zero-order valence-corrected chi connectivity index (χ0v) is 19.6. The molecule has 1 aromatic heterocycles. The van der Waals surface area contributed by atoms with E-state index in [1.165, 1.54) is 6.33 Å². The van der Waals surface area contributed by atoms with Crippen molar-refractivity contribution in [2.24, 2.45) is 11.7 Å². The maximum absolute atomic E-state index is 13.2. The first-order valence-corrected chi connectivity index (χ1v) is 11.1. The van der Waals surface area contributed by atoms with Crippen molar-refractivity contribution in [1.29, 1.82) is 0 Å². The highest BCUT2D eigenvalue weighted by atomic mass is 16.4. The fourth-order valence-electron chi connectivity index (χ4n) is 3.30. The van der Waals surface area contributed by atoms with Gasteiger partial charge in [0.1, 0.15) is 18.1 Å². The Balaban J connectivity index is 2.16. The van der Waals surface area contributed by atoms with Crippen molar-refractivity contribution in [2.75, 3.05) is 6.61 Å². The Hall–Kier alpha value is -3.77. The number of nitrogens with one attached hydrogen (secondary N) is 4. The third kappa shape index (κ3) is 8.50. The number of carbonyl (C=O) groups is 4. The molecule has 190 valence electrons. The molecular weight excluding hydrogens is 456 g/mol. The number of aromatic amines is 1. The number of carbonyl (C=O) groups excluding carboxylic acids is 3. The summed E-state index contributed by atoms with van der Waals surface area (Å²) in [6, 6.07) is 4.36. The number of aliphatic carboxylic acids is 1. The first kappa shape index (κ1) is 27.5. The van der Waals surface area contributed by atoms with E-state index in [1.807, 2.05) is 6.07 Å². The van der Waals surface area contributed by atoms with Gasteiger partial charge in [-0.25, -0.2) is 9.78 Å². The van der Waals surface area contributed by atoms with Gasteiger partial charge in [0.05, 0.1) is 19.0 Å². The van der Waals surface area contributed by atoms with Gasteiger partial charge in [-0.15, -0.1) is 0 Å². The average Bonchev–Trinajstić information content (AvgIpc) is 3.33. The SMILES string of the molecule is CC(C)C(NC(=O)C(Cc1ccccc1)NC(=O)C(N)Cc1cnc[nH]1)C(=O)NC(CO)C(=O)O. The van der Waals surface area contributed by atoms with Crippen LogP contribution in [0.4, 0.5) is 0 Å². The van der Waals surface area contributed by atoms with Gasteiger partial charge in [-0.05, 0) is 11.5 Å². The van der Waals surface area contributed by atoms with Gasteiger partial charge in [0, 0.05) is 24.7 Å². The van der Waals surface area contributed by atoms with Crippen LogP contribution in [0.3, 0.4) is 0 Å². The number of hydrogen-bond acceptors (Lipinski definition) is 7. The molecule has 0 saturated carbocycles. The lowest BCUT2D eigenvalue weighted by atomic mass is 10.00. The molecule has 0 aliphatic heterocycles. The van der Waals surface area contributed by atoms with Gasteiger partial charge in [-0.2, -0.15) is 0 Å². The topological polar surface area (TPSA) is 200 Å². The van der Waals surface area contributed by atoms with Crippen LogP contribution in [0.25, 0.3) is 0 Å². The van der Waals surface area contributed by atoms with Gasteiger partial charge in [0.2, 0.25) is 17.7 Å². The molecular formula is C23H32N6O6. The highest BCUT2D eigenvalue weighted by molar-refractivity contribution is 5.94. The van der Waals surface area contributed by atoms with E-state index in [2.05, 4.69) is 25.9 Å². The third-order valence-electron chi connectivity index (χ3n) is 5.29. The number of aromatic nitrogens is 2. The summed E-state index contributed by atoms with van der Waals surface area (Å²) in [4.78, 5) is 56.5. The molecule has 0 radical (unpaired) electrons. The normalized spacial score (nSPS) is 14.4. The van der Waals surface area contributed by atoms with Gasteiger partial charge >= 0.3 is 5.97 Å². The fraction of sp³-hybridized carbons (Fsp3) is 0.435. The van der Waals surface area contributed by atoms with Crippen molar-refractivity contribution in [1.82, 2.24) is 25.9 Å².